The Hall–Kier alpha value is -0.880. The topological polar surface area (TPSA) is 36.7 Å². The van der Waals surface area contributed by atoms with Crippen molar-refractivity contribution in [2.24, 2.45) is 0 Å². The van der Waals surface area contributed by atoms with E-state index in [2.05, 4.69) is 11.1 Å². The van der Waals surface area contributed by atoms with E-state index in [1.807, 2.05) is 0 Å². The molecule has 11 heavy (non-hydrogen) atoms. The lowest BCUT2D eigenvalue weighted by Gasteiger charge is -1.83. The van der Waals surface area contributed by atoms with E-state index in [4.69, 9.17) is 5.26 Å². The van der Waals surface area contributed by atoms with Crippen LogP contribution in [0.5, 0.6) is 0 Å². The van der Waals surface area contributed by atoms with Gasteiger partial charge in [0, 0.05) is 4.88 Å². The van der Waals surface area contributed by atoms with Crippen molar-refractivity contribution >= 4 is 11.3 Å². The monoisotopic (exact) mass is 164 g/mol. The number of rotatable bonds is 1. The van der Waals surface area contributed by atoms with Crippen LogP contribution in [0.25, 0.3) is 0 Å². The highest BCUT2D eigenvalue weighted by atomic mass is 32.1. The molecule has 0 aromatic carbocycles. The van der Waals surface area contributed by atoms with Crippen LogP contribution in [-0.4, -0.2) is 4.98 Å². The summed E-state index contributed by atoms with van der Waals surface area (Å²) in [6.45, 7) is 0. The Morgan fingerprint density at radius 3 is 3.18 bits per heavy atom. The second-order valence-corrected chi connectivity index (χ2v) is 3.83. The third-order valence-electron chi connectivity index (χ3n) is 1.87. The summed E-state index contributed by atoms with van der Waals surface area (Å²) in [5.41, 5.74) is 1.25. The van der Waals surface area contributed by atoms with Crippen molar-refractivity contribution in [3.8, 4) is 6.07 Å². The number of hydrogen-bond donors (Lipinski definition) is 0. The Balaban J connectivity index is 2.29. The van der Waals surface area contributed by atoms with E-state index < -0.39 is 0 Å². The lowest BCUT2D eigenvalue weighted by molar-refractivity contribution is 0.894. The molecule has 0 radical (unpaired) electrons. The number of thiazole rings is 1. The Kier molecular flexibility index (Phi) is 1.63. The van der Waals surface area contributed by atoms with Gasteiger partial charge < -0.3 is 0 Å². The van der Waals surface area contributed by atoms with E-state index in [0.717, 1.165) is 11.4 Å². The van der Waals surface area contributed by atoms with Gasteiger partial charge in [-0.2, -0.15) is 5.26 Å². The van der Waals surface area contributed by atoms with Crippen LogP contribution >= 0.6 is 11.3 Å². The minimum absolute atomic E-state index is 0.484. The van der Waals surface area contributed by atoms with Gasteiger partial charge in [0.05, 0.1) is 18.2 Å². The zero-order chi connectivity index (χ0) is 7.68. The van der Waals surface area contributed by atoms with Gasteiger partial charge >= 0.3 is 0 Å². The molecule has 1 aromatic rings. The summed E-state index contributed by atoms with van der Waals surface area (Å²) in [7, 11) is 0. The highest BCUT2D eigenvalue weighted by Gasteiger charge is 2.15. The predicted octanol–water partition coefficient (Wildman–Crippen LogP) is 1.70. The first-order valence-electron chi connectivity index (χ1n) is 3.74. The second kappa shape index (κ2) is 2.63. The van der Waals surface area contributed by atoms with Crippen molar-refractivity contribution in [2.45, 2.75) is 25.7 Å². The van der Waals surface area contributed by atoms with Crippen LogP contribution < -0.4 is 0 Å². The van der Waals surface area contributed by atoms with E-state index in [0.29, 0.717) is 6.42 Å². The highest BCUT2D eigenvalue weighted by molar-refractivity contribution is 7.11. The molecule has 2 nitrogen and oxygen atoms in total. The van der Waals surface area contributed by atoms with Gasteiger partial charge in [0.2, 0.25) is 0 Å². The molecule has 0 amide bonds. The summed E-state index contributed by atoms with van der Waals surface area (Å²) in [5, 5.41) is 9.42. The minimum atomic E-state index is 0.484. The zero-order valence-electron chi connectivity index (χ0n) is 6.13. The largest absolute Gasteiger partial charge is 0.245 e. The lowest BCUT2D eigenvalue weighted by atomic mass is 10.4. The summed E-state index contributed by atoms with van der Waals surface area (Å²) in [4.78, 5) is 5.79. The maximum absolute atomic E-state index is 8.43. The molecule has 0 saturated heterocycles. The van der Waals surface area contributed by atoms with Gasteiger partial charge in [-0.05, 0) is 19.3 Å². The van der Waals surface area contributed by atoms with Gasteiger partial charge in [0.1, 0.15) is 5.01 Å². The standard InChI is InChI=1S/C8H8N2S/c9-5-4-8-10-6-2-1-3-7(6)11-8/h1-4H2. The molecule has 0 unspecified atom stereocenters. The number of aryl methyl sites for hydroxylation is 2. The smallest absolute Gasteiger partial charge is 0.107 e. The molecule has 1 heterocycles. The van der Waals surface area contributed by atoms with Crippen LogP contribution in [0.15, 0.2) is 0 Å². The second-order valence-electron chi connectivity index (χ2n) is 2.67. The average Bonchev–Trinajstić information content (AvgIpc) is 2.46. The van der Waals surface area contributed by atoms with Crippen LogP contribution in [0.4, 0.5) is 0 Å². The van der Waals surface area contributed by atoms with Crippen LogP contribution in [0, 0.1) is 11.3 Å². The van der Waals surface area contributed by atoms with Crippen molar-refractivity contribution in [3.63, 3.8) is 0 Å². The minimum Gasteiger partial charge on any atom is -0.245 e. The van der Waals surface area contributed by atoms with Crippen molar-refractivity contribution in [1.82, 2.24) is 4.98 Å². The van der Waals surface area contributed by atoms with E-state index in [9.17, 15) is 0 Å². The third-order valence-corrected chi connectivity index (χ3v) is 3.03. The first kappa shape index (κ1) is 6.81. The van der Waals surface area contributed by atoms with Crippen molar-refractivity contribution in [1.29, 1.82) is 5.26 Å². The Morgan fingerprint density at radius 1 is 1.55 bits per heavy atom. The fourth-order valence-corrected chi connectivity index (χ4v) is 2.48. The van der Waals surface area contributed by atoms with Crippen molar-refractivity contribution < 1.29 is 0 Å². The first-order valence-corrected chi connectivity index (χ1v) is 4.56. The molecular formula is C8H8N2S. The molecule has 0 spiro atoms. The number of hydrogen-bond acceptors (Lipinski definition) is 3. The lowest BCUT2D eigenvalue weighted by Crippen LogP contribution is -1.82. The molecule has 1 aliphatic rings. The molecule has 56 valence electrons. The van der Waals surface area contributed by atoms with E-state index in [1.165, 1.54) is 23.4 Å². The molecule has 1 aliphatic carbocycles. The van der Waals surface area contributed by atoms with E-state index in [1.54, 1.807) is 11.3 Å². The molecule has 0 saturated carbocycles. The number of nitrogens with zero attached hydrogens (tertiary/aromatic N) is 2. The summed E-state index contributed by atoms with van der Waals surface area (Å²) in [5.74, 6) is 0. The molecule has 0 bridgehead atoms. The third kappa shape index (κ3) is 1.14. The van der Waals surface area contributed by atoms with E-state index >= 15 is 0 Å². The zero-order valence-corrected chi connectivity index (χ0v) is 6.95. The van der Waals surface area contributed by atoms with Gasteiger partial charge in [-0.1, -0.05) is 0 Å². The fraction of sp³-hybridized carbons (Fsp3) is 0.500. The van der Waals surface area contributed by atoms with Gasteiger partial charge in [-0.15, -0.1) is 11.3 Å². The average molecular weight is 164 g/mol. The van der Waals surface area contributed by atoms with Crippen LogP contribution in [0.2, 0.25) is 0 Å². The quantitative estimate of drug-likeness (QED) is 0.633. The molecule has 0 N–H and O–H groups in total. The summed E-state index contributed by atoms with van der Waals surface area (Å²) in [6.07, 6.45) is 4.04. The van der Waals surface area contributed by atoms with Gasteiger partial charge in [0.15, 0.2) is 0 Å². The summed E-state index contributed by atoms with van der Waals surface area (Å²) in [6, 6.07) is 2.12. The molecule has 1 aromatic heterocycles. The maximum atomic E-state index is 8.43. The van der Waals surface area contributed by atoms with Gasteiger partial charge in [-0.3, -0.25) is 0 Å². The molecule has 0 aliphatic heterocycles. The van der Waals surface area contributed by atoms with Crippen LogP contribution in [0.1, 0.15) is 22.0 Å². The van der Waals surface area contributed by atoms with Gasteiger partial charge in [0.25, 0.3) is 0 Å². The van der Waals surface area contributed by atoms with Crippen LogP contribution in [0.3, 0.4) is 0 Å². The number of aromatic nitrogens is 1. The Labute approximate surface area is 69.5 Å². The van der Waals surface area contributed by atoms with Crippen LogP contribution in [-0.2, 0) is 19.3 Å². The molecular weight excluding hydrogens is 156 g/mol. The van der Waals surface area contributed by atoms with Crippen molar-refractivity contribution in [3.05, 3.63) is 15.6 Å². The summed E-state index contributed by atoms with van der Waals surface area (Å²) >= 11 is 1.71. The fourth-order valence-electron chi connectivity index (χ4n) is 1.39. The molecule has 0 fully saturated rings. The SMILES string of the molecule is N#CCc1nc2c(s1)CCC2. The van der Waals surface area contributed by atoms with Crippen molar-refractivity contribution in [2.75, 3.05) is 0 Å². The maximum Gasteiger partial charge on any atom is 0.107 e. The van der Waals surface area contributed by atoms with Gasteiger partial charge in [-0.25, -0.2) is 4.98 Å². The number of nitriles is 1. The summed E-state index contributed by atoms with van der Waals surface area (Å²) < 4.78 is 0. The molecule has 2 rings (SSSR count). The Morgan fingerprint density at radius 2 is 2.45 bits per heavy atom. The normalized spacial score (nSPS) is 14.5. The number of fused-ring (bicyclic) bond motifs is 1. The molecule has 3 heteroatoms. The Bertz CT molecular complexity index is 287. The predicted molar refractivity (Wildman–Crippen MR) is 43.5 cm³/mol. The highest BCUT2D eigenvalue weighted by Crippen LogP contribution is 2.27. The van der Waals surface area contributed by atoms with E-state index in [-0.39, 0.29) is 0 Å². The first-order chi connectivity index (χ1) is 5.40. The molecule has 0 atom stereocenters.